The van der Waals surface area contributed by atoms with Crippen molar-refractivity contribution in [1.82, 2.24) is 19.8 Å². The minimum Gasteiger partial charge on any atom is -0.356 e. The van der Waals surface area contributed by atoms with E-state index in [4.69, 9.17) is 0 Å². The molecule has 9 heteroatoms. The van der Waals surface area contributed by atoms with Crippen molar-refractivity contribution in [2.75, 3.05) is 59.1 Å². The fourth-order valence-corrected chi connectivity index (χ4v) is 3.45. The highest BCUT2D eigenvalue weighted by atomic mass is 127. The van der Waals surface area contributed by atoms with Crippen molar-refractivity contribution in [2.24, 2.45) is 4.99 Å². The van der Waals surface area contributed by atoms with Crippen molar-refractivity contribution in [3.05, 3.63) is 0 Å². The van der Waals surface area contributed by atoms with Crippen molar-refractivity contribution in [2.45, 2.75) is 32.6 Å². The molecule has 0 bridgehead atoms. The Morgan fingerprint density at radius 3 is 2.38 bits per heavy atom. The predicted molar refractivity (Wildman–Crippen MR) is 112 cm³/mol. The molecular formula is C15H34IN5O2S. The number of piperidine rings is 1. The van der Waals surface area contributed by atoms with Gasteiger partial charge in [-0.15, -0.1) is 24.0 Å². The SMILES string of the molecule is CCS(=O)(=O)N(C)CCCNC(=NC)NCCN1CCCCC1.I. The first-order chi connectivity index (χ1) is 11.0. The van der Waals surface area contributed by atoms with Crippen molar-refractivity contribution < 1.29 is 8.42 Å². The number of likely N-dealkylation sites (tertiary alicyclic amines) is 1. The summed E-state index contributed by atoms with van der Waals surface area (Å²) in [5.74, 6) is 0.930. The summed E-state index contributed by atoms with van der Waals surface area (Å²) in [5.41, 5.74) is 0. The number of nitrogens with zero attached hydrogens (tertiary/aromatic N) is 3. The number of sulfonamides is 1. The van der Waals surface area contributed by atoms with Crippen LogP contribution in [0.3, 0.4) is 0 Å². The molecule has 0 radical (unpaired) electrons. The summed E-state index contributed by atoms with van der Waals surface area (Å²) in [6, 6.07) is 0. The van der Waals surface area contributed by atoms with Gasteiger partial charge in [0, 0.05) is 40.3 Å². The molecule has 0 aromatic carbocycles. The number of halogens is 1. The fraction of sp³-hybridized carbons (Fsp3) is 0.933. The molecule has 0 aromatic rings. The summed E-state index contributed by atoms with van der Waals surface area (Å²) in [6.07, 6.45) is 4.72. The van der Waals surface area contributed by atoms with E-state index in [9.17, 15) is 8.42 Å². The summed E-state index contributed by atoms with van der Waals surface area (Å²) >= 11 is 0. The standard InChI is InChI=1S/C15H33N5O2S.HI/c1-4-23(21,22)19(3)11-8-9-17-15(16-2)18-10-14-20-12-6-5-7-13-20;/h4-14H2,1-3H3,(H2,16,17,18);1H. The van der Waals surface area contributed by atoms with Crippen LogP contribution in [0.2, 0.25) is 0 Å². The molecule has 7 nitrogen and oxygen atoms in total. The molecule has 1 rings (SSSR count). The second-order valence-corrected chi connectivity index (χ2v) is 8.27. The first-order valence-electron chi connectivity index (χ1n) is 8.60. The molecule has 1 fully saturated rings. The molecule has 144 valence electrons. The van der Waals surface area contributed by atoms with Gasteiger partial charge in [-0.05, 0) is 39.3 Å². The number of rotatable bonds is 9. The molecule has 1 aliphatic rings. The molecular weight excluding hydrogens is 441 g/mol. The van der Waals surface area contributed by atoms with E-state index < -0.39 is 10.0 Å². The first-order valence-corrected chi connectivity index (χ1v) is 10.2. The topological polar surface area (TPSA) is 77.0 Å². The van der Waals surface area contributed by atoms with E-state index >= 15 is 0 Å². The Morgan fingerprint density at radius 1 is 1.17 bits per heavy atom. The van der Waals surface area contributed by atoms with Gasteiger partial charge in [0.25, 0.3) is 0 Å². The number of hydrogen-bond donors (Lipinski definition) is 2. The number of nitrogens with one attached hydrogen (secondary N) is 2. The lowest BCUT2D eigenvalue weighted by molar-refractivity contribution is 0.232. The van der Waals surface area contributed by atoms with Crippen LogP contribution in [-0.2, 0) is 10.0 Å². The Hall–Kier alpha value is -0.130. The lowest BCUT2D eigenvalue weighted by atomic mass is 10.1. The van der Waals surface area contributed by atoms with Gasteiger partial charge in [-0.3, -0.25) is 4.99 Å². The van der Waals surface area contributed by atoms with Gasteiger partial charge < -0.3 is 15.5 Å². The molecule has 0 amide bonds. The molecule has 1 heterocycles. The van der Waals surface area contributed by atoms with Crippen molar-refractivity contribution in [3.63, 3.8) is 0 Å². The summed E-state index contributed by atoms with van der Waals surface area (Å²) in [4.78, 5) is 6.68. The maximum atomic E-state index is 11.6. The maximum absolute atomic E-state index is 11.6. The Kier molecular flexibility index (Phi) is 13.1. The molecule has 2 N–H and O–H groups in total. The second-order valence-electron chi connectivity index (χ2n) is 5.90. The van der Waals surface area contributed by atoms with Crippen LogP contribution in [0.4, 0.5) is 0 Å². The van der Waals surface area contributed by atoms with Gasteiger partial charge in [-0.1, -0.05) is 6.42 Å². The van der Waals surface area contributed by atoms with E-state index in [1.165, 1.54) is 36.7 Å². The summed E-state index contributed by atoms with van der Waals surface area (Å²) < 4.78 is 24.7. The average molecular weight is 475 g/mol. The molecule has 0 unspecified atom stereocenters. The van der Waals surface area contributed by atoms with E-state index in [1.54, 1.807) is 21.0 Å². The van der Waals surface area contributed by atoms with Crippen LogP contribution < -0.4 is 10.6 Å². The highest BCUT2D eigenvalue weighted by molar-refractivity contribution is 14.0. The minimum absolute atomic E-state index is 0. The number of guanidine groups is 1. The van der Waals surface area contributed by atoms with Crippen LogP contribution in [0, 0.1) is 0 Å². The van der Waals surface area contributed by atoms with Gasteiger partial charge in [0.1, 0.15) is 0 Å². The molecule has 0 spiro atoms. The molecule has 0 atom stereocenters. The van der Waals surface area contributed by atoms with Crippen molar-refractivity contribution >= 4 is 40.0 Å². The molecule has 0 aliphatic carbocycles. The van der Waals surface area contributed by atoms with E-state index in [0.29, 0.717) is 13.1 Å². The van der Waals surface area contributed by atoms with Crippen LogP contribution in [0.15, 0.2) is 4.99 Å². The zero-order valence-corrected chi connectivity index (χ0v) is 18.4. The van der Waals surface area contributed by atoms with Gasteiger partial charge in [-0.25, -0.2) is 12.7 Å². The molecule has 1 aliphatic heterocycles. The highest BCUT2D eigenvalue weighted by Gasteiger charge is 2.14. The van der Waals surface area contributed by atoms with E-state index in [-0.39, 0.29) is 29.7 Å². The Morgan fingerprint density at radius 2 is 1.79 bits per heavy atom. The third-order valence-corrected chi connectivity index (χ3v) is 6.04. The van der Waals surface area contributed by atoms with Gasteiger partial charge in [0.2, 0.25) is 10.0 Å². The van der Waals surface area contributed by atoms with Crippen LogP contribution in [0.1, 0.15) is 32.6 Å². The highest BCUT2D eigenvalue weighted by Crippen LogP contribution is 2.07. The Labute approximate surface area is 164 Å². The fourth-order valence-electron chi connectivity index (χ4n) is 2.60. The Bertz CT molecular complexity index is 453. The number of hydrogen-bond acceptors (Lipinski definition) is 4. The quantitative estimate of drug-likeness (QED) is 0.225. The maximum Gasteiger partial charge on any atom is 0.213 e. The van der Waals surface area contributed by atoms with E-state index in [1.807, 2.05) is 0 Å². The van der Waals surface area contributed by atoms with Crippen molar-refractivity contribution in [1.29, 1.82) is 0 Å². The molecule has 1 saturated heterocycles. The molecule has 0 saturated carbocycles. The van der Waals surface area contributed by atoms with Gasteiger partial charge in [0.05, 0.1) is 5.75 Å². The van der Waals surface area contributed by atoms with Crippen LogP contribution >= 0.6 is 24.0 Å². The lowest BCUT2D eigenvalue weighted by Gasteiger charge is -2.26. The van der Waals surface area contributed by atoms with Gasteiger partial charge in [-0.2, -0.15) is 0 Å². The van der Waals surface area contributed by atoms with Gasteiger partial charge >= 0.3 is 0 Å². The third kappa shape index (κ3) is 9.38. The van der Waals surface area contributed by atoms with E-state index in [2.05, 4.69) is 20.5 Å². The van der Waals surface area contributed by atoms with E-state index in [0.717, 1.165) is 25.5 Å². The summed E-state index contributed by atoms with van der Waals surface area (Å²) in [5, 5.41) is 6.54. The van der Waals surface area contributed by atoms with Gasteiger partial charge in [0.15, 0.2) is 5.96 Å². The molecule has 24 heavy (non-hydrogen) atoms. The summed E-state index contributed by atoms with van der Waals surface area (Å²) in [7, 11) is 0.306. The monoisotopic (exact) mass is 475 g/mol. The van der Waals surface area contributed by atoms with Crippen LogP contribution in [-0.4, -0.2) is 82.7 Å². The average Bonchev–Trinajstić information content (AvgIpc) is 2.57. The Balaban J connectivity index is 0.00000529. The lowest BCUT2D eigenvalue weighted by Crippen LogP contribution is -2.43. The zero-order chi connectivity index (χ0) is 17.1. The largest absolute Gasteiger partial charge is 0.356 e. The summed E-state index contributed by atoms with van der Waals surface area (Å²) in [6.45, 7) is 7.21. The third-order valence-electron chi connectivity index (χ3n) is 4.17. The first kappa shape index (κ1) is 23.9. The second kappa shape index (κ2) is 13.1. The molecule has 0 aromatic heterocycles. The zero-order valence-electron chi connectivity index (χ0n) is 15.3. The van der Waals surface area contributed by atoms with Crippen molar-refractivity contribution in [3.8, 4) is 0 Å². The number of aliphatic imine (C=N–C) groups is 1. The van der Waals surface area contributed by atoms with Crippen LogP contribution in [0.25, 0.3) is 0 Å². The minimum atomic E-state index is -3.08. The smallest absolute Gasteiger partial charge is 0.213 e. The van der Waals surface area contributed by atoms with Crippen LogP contribution in [0.5, 0.6) is 0 Å². The normalized spacial score (nSPS) is 16.8. The predicted octanol–water partition coefficient (Wildman–Crippen LogP) is 0.927.